The van der Waals surface area contributed by atoms with Gasteiger partial charge in [-0.15, -0.1) is 24.0 Å². The Balaban J connectivity index is 0. The zero-order chi connectivity index (χ0) is 17.0. The molecule has 0 aromatic carbocycles. The van der Waals surface area contributed by atoms with Gasteiger partial charge in [-0.25, -0.2) is 8.42 Å². The molecule has 0 heterocycles. The smallest absolute Gasteiger partial charge is 0.191 e. The minimum Gasteiger partial charge on any atom is -0.396 e. The largest absolute Gasteiger partial charge is 0.396 e. The lowest BCUT2D eigenvalue weighted by atomic mass is 10.0. The molecule has 2 atom stereocenters. The molecular weight excluding hydrogens is 429 g/mol. The lowest BCUT2D eigenvalue weighted by Gasteiger charge is -2.19. The van der Waals surface area contributed by atoms with Crippen LogP contribution in [0.3, 0.4) is 0 Å². The molecule has 0 rings (SSSR count). The number of nitrogens with zero attached hydrogens (tertiary/aromatic N) is 1. The van der Waals surface area contributed by atoms with E-state index >= 15 is 0 Å². The van der Waals surface area contributed by atoms with Crippen molar-refractivity contribution in [2.75, 3.05) is 31.7 Å². The summed E-state index contributed by atoms with van der Waals surface area (Å²) in [6, 6.07) is 0.0370. The van der Waals surface area contributed by atoms with E-state index in [0.29, 0.717) is 24.8 Å². The van der Waals surface area contributed by atoms with Gasteiger partial charge in [-0.3, -0.25) is 4.99 Å². The first-order valence-electron chi connectivity index (χ1n) is 8.15. The molecule has 0 spiro atoms. The summed E-state index contributed by atoms with van der Waals surface area (Å²) in [5.74, 6) is 1.27. The third-order valence-corrected chi connectivity index (χ3v) is 4.37. The van der Waals surface area contributed by atoms with Gasteiger partial charge in [0, 0.05) is 32.0 Å². The zero-order valence-electron chi connectivity index (χ0n) is 14.8. The Morgan fingerprint density at radius 3 is 2.35 bits per heavy atom. The average molecular weight is 463 g/mol. The van der Waals surface area contributed by atoms with Crippen molar-refractivity contribution in [3.8, 4) is 0 Å². The maximum Gasteiger partial charge on any atom is 0.191 e. The number of guanidine groups is 1. The first-order valence-corrected chi connectivity index (χ1v) is 10.2. The number of rotatable bonds is 11. The molecule has 0 radical (unpaired) electrons. The van der Waals surface area contributed by atoms with E-state index in [0.717, 1.165) is 25.8 Å². The van der Waals surface area contributed by atoms with Crippen molar-refractivity contribution in [2.24, 2.45) is 10.9 Å². The van der Waals surface area contributed by atoms with Crippen LogP contribution in [0, 0.1) is 5.92 Å². The first-order chi connectivity index (χ1) is 10.3. The van der Waals surface area contributed by atoms with E-state index in [9.17, 15) is 8.42 Å². The third kappa shape index (κ3) is 15.2. The number of sulfone groups is 1. The summed E-state index contributed by atoms with van der Waals surface area (Å²) in [5.41, 5.74) is 0. The summed E-state index contributed by atoms with van der Waals surface area (Å²) in [4.78, 5) is 4.57. The predicted molar refractivity (Wildman–Crippen MR) is 108 cm³/mol. The number of halogens is 1. The van der Waals surface area contributed by atoms with Crippen molar-refractivity contribution in [1.82, 2.24) is 10.6 Å². The van der Waals surface area contributed by atoms with Gasteiger partial charge in [0.05, 0.1) is 5.75 Å². The zero-order valence-corrected chi connectivity index (χ0v) is 18.0. The fourth-order valence-corrected chi connectivity index (χ4v) is 2.94. The Kier molecular flexibility index (Phi) is 15.6. The number of hydrogen-bond acceptors (Lipinski definition) is 4. The molecular formula is C15H34IN3O3S. The highest BCUT2D eigenvalue weighted by molar-refractivity contribution is 14.0. The highest BCUT2D eigenvalue weighted by Gasteiger charge is 2.11. The number of aliphatic hydroxyl groups excluding tert-OH is 1. The third-order valence-electron chi connectivity index (χ3n) is 3.39. The van der Waals surface area contributed by atoms with E-state index in [2.05, 4.69) is 22.5 Å². The van der Waals surface area contributed by atoms with Crippen molar-refractivity contribution < 1.29 is 13.5 Å². The van der Waals surface area contributed by atoms with E-state index < -0.39 is 9.84 Å². The Hall–Kier alpha value is -0.0900. The van der Waals surface area contributed by atoms with Gasteiger partial charge in [-0.05, 0) is 39.0 Å². The molecule has 140 valence electrons. The summed E-state index contributed by atoms with van der Waals surface area (Å²) in [6.07, 6.45) is 4.70. The van der Waals surface area contributed by atoms with E-state index in [1.807, 2.05) is 13.8 Å². The molecule has 0 amide bonds. The van der Waals surface area contributed by atoms with E-state index in [4.69, 9.17) is 5.11 Å². The first kappa shape index (κ1) is 25.2. The second kappa shape index (κ2) is 14.3. The van der Waals surface area contributed by atoms with Crippen LogP contribution in [0.1, 0.15) is 46.5 Å². The summed E-state index contributed by atoms with van der Waals surface area (Å²) < 4.78 is 22.4. The molecule has 0 aromatic heterocycles. The SMILES string of the molecule is CCCC(CCO)CN=C(NCC)NC(C)CCS(C)(=O)=O.I. The second-order valence-electron chi connectivity index (χ2n) is 5.85. The number of aliphatic imine (C=N–C) groups is 1. The van der Waals surface area contributed by atoms with Crippen LogP contribution >= 0.6 is 24.0 Å². The monoisotopic (exact) mass is 463 g/mol. The van der Waals surface area contributed by atoms with Crippen LogP contribution in [0.4, 0.5) is 0 Å². The molecule has 8 heteroatoms. The summed E-state index contributed by atoms with van der Waals surface area (Å²) >= 11 is 0. The molecule has 0 aliphatic carbocycles. The van der Waals surface area contributed by atoms with Crippen LogP contribution in [0.25, 0.3) is 0 Å². The van der Waals surface area contributed by atoms with Crippen molar-refractivity contribution in [3.63, 3.8) is 0 Å². The normalized spacial score (nSPS) is 14.7. The van der Waals surface area contributed by atoms with Crippen LogP contribution < -0.4 is 10.6 Å². The van der Waals surface area contributed by atoms with E-state index in [1.165, 1.54) is 6.26 Å². The Labute approximate surface area is 158 Å². The maximum absolute atomic E-state index is 11.2. The van der Waals surface area contributed by atoms with Crippen molar-refractivity contribution >= 4 is 39.8 Å². The number of hydrogen-bond donors (Lipinski definition) is 3. The number of nitrogens with one attached hydrogen (secondary N) is 2. The second-order valence-corrected chi connectivity index (χ2v) is 8.11. The summed E-state index contributed by atoms with van der Waals surface area (Å²) in [7, 11) is -2.94. The van der Waals surface area contributed by atoms with Crippen molar-refractivity contribution in [2.45, 2.75) is 52.5 Å². The lowest BCUT2D eigenvalue weighted by Crippen LogP contribution is -2.43. The average Bonchev–Trinajstić information content (AvgIpc) is 2.42. The molecule has 6 nitrogen and oxygen atoms in total. The maximum atomic E-state index is 11.2. The van der Waals surface area contributed by atoms with Crippen LogP contribution in [0.15, 0.2) is 4.99 Å². The molecule has 0 saturated heterocycles. The van der Waals surface area contributed by atoms with E-state index in [-0.39, 0.29) is 42.4 Å². The van der Waals surface area contributed by atoms with Gasteiger partial charge in [-0.1, -0.05) is 13.3 Å². The summed E-state index contributed by atoms with van der Waals surface area (Å²) in [6.45, 7) is 7.69. The molecule has 3 N–H and O–H groups in total. The Morgan fingerprint density at radius 2 is 1.87 bits per heavy atom. The minimum atomic E-state index is -2.94. The highest BCUT2D eigenvalue weighted by atomic mass is 127. The highest BCUT2D eigenvalue weighted by Crippen LogP contribution is 2.11. The molecule has 0 aliphatic heterocycles. The fourth-order valence-electron chi connectivity index (χ4n) is 2.15. The Morgan fingerprint density at radius 1 is 1.22 bits per heavy atom. The molecule has 0 aliphatic rings. The fraction of sp³-hybridized carbons (Fsp3) is 0.933. The number of aliphatic hydroxyl groups is 1. The standard InChI is InChI=1S/C15H33N3O3S.HI/c1-5-7-14(8-10-19)12-17-15(16-6-2)18-13(3)9-11-22(4,20)21;/h13-14,19H,5-12H2,1-4H3,(H2,16,17,18);1H. The van der Waals surface area contributed by atoms with Crippen molar-refractivity contribution in [3.05, 3.63) is 0 Å². The topological polar surface area (TPSA) is 90.8 Å². The van der Waals surface area contributed by atoms with Crippen LogP contribution in [-0.4, -0.2) is 57.2 Å². The van der Waals surface area contributed by atoms with E-state index in [1.54, 1.807) is 0 Å². The van der Waals surface area contributed by atoms with Gasteiger partial charge in [-0.2, -0.15) is 0 Å². The molecule has 0 saturated carbocycles. The van der Waals surface area contributed by atoms with Crippen LogP contribution in [-0.2, 0) is 9.84 Å². The van der Waals surface area contributed by atoms with Gasteiger partial charge in [0.2, 0.25) is 0 Å². The van der Waals surface area contributed by atoms with Crippen molar-refractivity contribution in [1.29, 1.82) is 0 Å². The van der Waals surface area contributed by atoms with Gasteiger partial charge >= 0.3 is 0 Å². The predicted octanol–water partition coefficient (Wildman–Crippen LogP) is 1.78. The van der Waals surface area contributed by atoms with Crippen LogP contribution in [0.2, 0.25) is 0 Å². The minimum absolute atomic E-state index is 0. The van der Waals surface area contributed by atoms with Gasteiger partial charge in [0.1, 0.15) is 9.84 Å². The molecule has 0 aromatic rings. The van der Waals surface area contributed by atoms with Gasteiger partial charge < -0.3 is 15.7 Å². The van der Waals surface area contributed by atoms with Gasteiger partial charge in [0.15, 0.2) is 5.96 Å². The molecule has 2 unspecified atom stereocenters. The summed E-state index contributed by atoms with van der Waals surface area (Å²) in [5, 5.41) is 15.5. The quantitative estimate of drug-likeness (QED) is 0.247. The van der Waals surface area contributed by atoms with Crippen LogP contribution in [0.5, 0.6) is 0 Å². The van der Waals surface area contributed by atoms with Gasteiger partial charge in [0.25, 0.3) is 0 Å². The molecule has 0 fully saturated rings. The molecule has 0 bridgehead atoms. The Bertz CT molecular complexity index is 410. The lowest BCUT2D eigenvalue weighted by molar-refractivity contribution is 0.253. The molecule has 23 heavy (non-hydrogen) atoms.